The van der Waals surface area contributed by atoms with E-state index in [4.69, 9.17) is 4.74 Å². The van der Waals surface area contributed by atoms with Gasteiger partial charge in [0, 0.05) is 17.7 Å². The van der Waals surface area contributed by atoms with Crippen molar-refractivity contribution in [2.75, 3.05) is 18.6 Å². The number of carbonyl (C=O) groups excluding carboxylic acids is 1. The minimum absolute atomic E-state index is 0.0312. The lowest BCUT2D eigenvalue weighted by molar-refractivity contribution is 0.0692. The van der Waals surface area contributed by atoms with E-state index in [2.05, 4.69) is 6.58 Å². The Bertz CT molecular complexity index is 857. The molecule has 0 atom stereocenters. The van der Waals surface area contributed by atoms with Crippen molar-refractivity contribution in [3.05, 3.63) is 65.7 Å². The van der Waals surface area contributed by atoms with Crippen molar-refractivity contribution in [3.8, 4) is 5.75 Å². The summed E-state index contributed by atoms with van der Waals surface area (Å²) in [6.07, 6.45) is 1.66. The van der Waals surface area contributed by atoms with E-state index >= 15 is 0 Å². The molecule has 0 fully saturated rings. The van der Waals surface area contributed by atoms with Crippen molar-refractivity contribution in [1.82, 2.24) is 0 Å². The predicted molar refractivity (Wildman–Crippen MR) is 96.3 cm³/mol. The molecular weight excluding hydrogens is 318 g/mol. The number of para-hydroxylation sites is 1. The molecular formula is C20H19NO4. The molecule has 1 amide bonds. The molecule has 25 heavy (non-hydrogen) atoms. The van der Waals surface area contributed by atoms with Gasteiger partial charge >= 0.3 is 5.97 Å². The third-order valence-electron chi connectivity index (χ3n) is 4.36. The fourth-order valence-electron chi connectivity index (χ4n) is 3.08. The van der Waals surface area contributed by atoms with E-state index in [0.717, 1.165) is 29.7 Å². The Morgan fingerprint density at radius 2 is 1.96 bits per heavy atom. The van der Waals surface area contributed by atoms with E-state index in [-0.39, 0.29) is 17.2 Å². The number of carbonyl (C=O) groups is 2. The van der Waals surface area contributed by atoms with Gasteiger partial charge in [-0.05, 0) is 42.7 Å². The Morgan fingerprint density at radius 1 is 1.20 bits per heavy atom. The average Bonchev–Trinajstić information content (AvgIpc) is 2.80. The number of ether oxygens (including phenoxy) is 1. The molecule has 2 aromatic carbocycles. The van der Waals surface area contributed by atoms with Crippen LogP contribution >= 0.6 is 0 Å². The van der Waals surface area contributed by atoms with Crippen LogP contribution in [0.4, 0.5) is 5.69 Å². The highest BCUT2D eigenvalue weighted by molar-refractivity contribution is 6.08. The molecule has 128 valence electrons. The van der Waals surface area contributed by atoms with Crippen LogP contribution < -0.4 is 9.64 Å². The first-order valence-electron chi connectivity index (χ1n) is 8.03. The molecule has 2 aromatic rings. The smallest absolute Gasteiger partial charge is 0.339 e. The van der Waals surface area contributed by atoms with Gasteiger partial charge in [0.2, 0.25) is 0 Å². The molecule has 0 radical (unpaired) electrons. The zero-order chi connectivity index (χ0) is 18.0. The molecule has 5 heteroatoms. The minimum atomic E-state index is -1.09. The van der Waals surface area contributed by atoms with Crippen LogP contribution in [0.1, 0.15) is 39.1 Å². The highest BCUT2D eigenvalue weighted by atomic mass is 16.5. The number of carboxylic acid groups (broad SMARTS) is 1. The van der Waals surface area contributed by atoms with Gasteiger partial charge in [-0.1, -0.05) is 24.8 Å². The molecule has 1 aliphatic heterocycles. The highest BCUT2D eigenvalue weighted by Crippen LogP contribution is 2.33. The SMILES string of the molecule is C=C1CCCN(C(=O)c2ccc(C(=O)O)c(OC)c2)c2ccccc21. The van der Waals surface area contributed by atoms with Crippen LogP contribution in [0.15, 0.2) is 49.0 Å². The van der Waals surface area contributed by atoms with Gasteiger partial charge in [-0.15, -0.1) is 0 Å². The zero-order valence-electron chi connectivity index (χ0n) is 14.0. The van der Waals surface area contributed by atoms with Crippen LogP contribution in [-0.2, 0) is 0 Å². The first kappa shape index (κ1) is 16.8. The van der Waals surface area contributed by atoms with Crippen LogP contribution in [0.25, 0.3) is 5.57 Å². The standard InChI is InChI=1S/C20H19NO4/c1-13-6-5-11-21(17-8-4-3-7-15(13)17)19(22)14-9-10-16(20(23)24)18(12-14)25-2/h3-4,7-10,12H,1,5-6,11H2,2H3,(H,23,24). The summed E-state index contributed by atoms with van der Waals surface area (Å²) < 4.78 is 5.13. The van der Waals surface area contributed by atoms with Crippen molar-refractivity contribution in [2.45, 2.75) is 12.8 Å². The summed E-state index contributed by atoms with van der Waals surface area (Å²) >= 11 is 0. The second kappa shape index (κ2) is 6.81. The number of allylic oxidation sites excluding steroid dienone is 1. The number of nitrogens with zero attached hydrogens (tertiary/aromatic N) is 1. The molecule has 0 bridgehead atoms. The minimum Gasteiger partial charge on any atom is -0.496 e. The lowest BCUT2D eigenvalue weighted by Gasteiger charge is -2.23. The van der Waals surface area contributed by atoms with E-state index in [9.17, 15) is 14.7 Å². The van der Waals surface area contributed by atoms with Gasteiger partial charge in [0.05, 0.1) is 12.8 Å². The summed E-state index contributed by atoms with van der Waals surface area (Å²) in [5, 5.41) is 9.19. The molecule has 1 heterocycles. The second-order valence-electron chi connectivity index (χ2n) is 5.90. The Morgan fingerprint density at radius 3 is 2.68 bits per heavy atom. The van der Waals surface area contributed by atoms with Crippen LogP contribution in [0, 0.1) is 0 Å². The topological polar surface area (TPSA) is 66.8 Å². The third-order valence-corrected chi connectivity index (χ3v) is 4.36. The maximum atomic E-state index is 13.1. The predicted octanol–water partition coefficient (Wildman–Crippen LogP) is 3.85. The first-order valence-corrected chi connectivity index (χ1v) is 8.03. The molecule has 0 unspecified atom stereocenters. The van der Waals surface area contributed by atoms with E-state index in [1.54, 1.807) is 4.90 Å². The molecule has 1 aliphatic rings. The fraction of sp³-hybridized carbons (Fsp3) is 0.200. The summed E-state index contributed by atoms with van der Waals surface area (Å²) in [5.74, 6) is -1.10. The van der Waals surface area contributed by atoms with Crippen LogP contribution in [0.5, 0.6) is 5.75 Å². The Hall–Kier alpha value is -3.08. The molecule has 0 saturated heterocycles. The van der Waals surface area contributed by atoms with Crippen LogP contribution in [-0.4, -0.2) is 30.6 Å². The van der Waals surface area contributed by atoms with Crippen molar-refractivity contribution < 1.29 is 19.4 Å². The maximum absolute atomic E-state index is 13.1. The maximum Gasteiger partial charge on any atom is 0.339 e. The Kier molecular flexibility index (Phi) is 4.57. The molecule has 3 rings (SSSR count). The zero-order valence-corrected chi connectivity index (χ0v) is 14.0. The molecule has 0 aliphatic carbocycles. The van der Waals surface area contributed by atoms with Gasteiger partial charge in [-0.3, -0.25) is 4.79 Å². The summed E-state index contributed by atoms with van der Waals surface area (Å²) in [4.78, 5) is 26.0. The van der Waals surface area contributed by atoms with Crippen molar-refractivity contribution in [1.29, 1.82) is 0 Å². The Labute approximate surface area is 146 Å². The number of carboxylic acids is 1. The van der Waals surface area contributed by atoms with Crippen molar-refractivity contribution >= 4 is 23.1 Å². The average molecular weight is 337 g/mol. The number of rotatable bonds is 3. The van der Waals surface area contributed by atoms with E-state index in [1.165, 1.54) is 25.3 Å². The molecule has 0 spiro atoms. The number of methoxy groups -OCH3 is 1. The lowest BCUT2D eigenvalue weighted by Crippen LogP contribution is -2.31. The van der Waals surface area contributed by atoms with Gasteiger partial charge in [-0.25, -0.2) is 4.79 Å². The number of hydrogen-bond acceptors (Lipinski definition) is 3. The number of hydrogen-bond donors (Lipinski definition) is 1. The number of fused-ring (bicyclic) bond motifs is 1. The molecule has 1 N–H and O–H groups in total. The van der Waals surface area contributed by atoms with Gasteiger partial charge in [0.25, 0.3) is 5.91 Å². The van der Waals surface area contributed by atoms with Gasteiger partial charge in [0.1, 0.15) is 11.3 Å². The summed E-state index contributed by atoms with van der Waals surface area (Å²) in [5.41, 5.74) is 3.25. The van der Waals surface area contributed by atoms with Gasteiger partial charge in [-0.2, -0.15) is 0 Å². The van der Waals surface area contributed by atoms with Crippen molar-refractivity contribution in [2.24, 2.45) is 0 Å². The normalized spacial score (nSPS) is 13.8. The molecule has 0 aromatic heterocycles. The molecule has 0 saturated carbocycles. The fourth-order valence-corrected chi connectivity index (χ4v) is 3.08. The largest absolute Gasteiger partial charge is 0.496 e. The van der Waals surface area contributed by atoms with Gasteiger partial charge < -0.3 is 14.7 Å². The van der Waals surface area contributed by atoms with E-state index in [1.807, 2.05) is 24.3 Å². The van der Waals surface area contributed by atoms with Crippen LogP contribution in [0.3, 0.4) is 0 Å². The summed E-state index contributed by atoms with van der Waals surface area (Å²) in [6.45, 7) is 4.70. The highest BCUT2D eigenvalue weighted by Gasteiger charge is 2.24. The summed E-state index contributed by atoms with van der Waals surface area (Å²) in [6, 6.07) is 12.1. The van der Waals surface area contributed by atoms with E-state index in [0.29, 0.717) is 12.1 Å². The summed E-state index contributed by atoms with van der Waals surface area (Å²) in [7, 11) is 1.39. The molecule has 5 nitrogen and oxygen atoms in total. The monoisotopic (exact) mass is 337 g/mol. The van der Waals surface area contributed by atoms with Gasteiger partial charge in [0.15, 0.2) is 0 Å². The Balaban J connectivity index is 2.02. The number of anilines is 1. The lowest BCUT2D eigenvalue weighted by atomic mass is 10.0. The van der Waals surface area contributed by atoms with Crippen LogP contribution in [0.2, 0.25) is 0 Å². The number of amides is 1. The number of benzene rings is 2. The quantitative estimate of drug-likeness (QED) is 0.924. The number of aromatic carboxylic acids is 1. The third kappa shape index (κ3) is 3.13. The van der Waals surface area contributed by atoms with Crippen molar-refractivity contribution in [3.63, 3.8) is 0 Å². The second-order valence-corrected chi connectivity index (χ2v) is 5.90. The first-order chi connectivity index (χ1) is 12.0. The van der Waals surface area contributed by atoms with E-state index < -0.39 is 5.97 Å².